The summed E-state index contributed by atoms with van der Waals surface area (Å²) in [4.78, 5) is 0. The third-order valence-electron chi connectivity index (χ3n) is 9.00. The first kappa shape index (κ1) is 23.5. The van der Waals surface area contributed by atoms with Gasteiger partial charge in [0.2, 0.25) is 6.71 Å². The fourth-order valence-corrected chi connectivity index (χ4v) is 7.15. The fraction of sp³-hybridized carbons (Fsp3) is 0.243. The molecule has 6 aromatic rings. The van der Waals surface area contributed by atoms with Gasteiger partial charge in [0.1, 0.15) is 0 Å². The molecule has 0 radical (unpaired) electrons. The second-order valence-electron chi connectivity index (χ2n) is 12.3. The lowest BCUT2D eigenvalue weighted by Crippen LogP contribution is -2.57. The molecule has 0 unspecified atom stereocenters. The van der Waals surface area contributed by atoms with Crippen LogP contribution in [0.1, 0.15) is 76.0 Å². The Morgan fingerprint density at radius 3 is 1.79 bits per heavy atom. The highest BCUT2D eigenvalue weighted by Gasteiger charge is 2.36. The van der Waals surface area contributed by atoms with Crippen molar-refractivity contribution in [2.45, 2.75) is 59.3 Å². The van der Waals surface area contributed by atoms with Gasteiger partial charge in [0, 0.05) is 0 Å². The zero-order valence-corrected chi connectivity index (χ0v) is 23.4. The maximum absolute atomic E-state index is 2.53. The second-order valence-corrected chi connectivity index (χ2v) is 12.3. The molecule has 7 rings (SSSR count). The van der Waals surface area contributed by atoms with Gasteiger partial charge in [-0.2, -0.15) is 0 Å². The standard InChI is InChI=1S/C37H35B/c1-21(2)27-18-30(22(3)4)37(31(19-27)23(5)6)38-32-13-8-7-12-28(32)29-17-16-25-15-14-24-10-9-11-26-20-33(38)36(29)35(25)34(24)26/h7-23H,1-6H3. The number of hydrogen-bond donors (Lipinski definition) is 0. The van der Waals surface area contributed by atoms with E-state index < -0.39 is 0 Å². The van der Waals surface area contributed by atoms with Crippen molar-refractivity contribution in [1.82, 2.24) is 0 Å². The summed E-state index contributed by atoms with van der Waals surface area (Å²) in [5, 5.41) is 8.33. The van der Waals surface area contributed by atoms with Gasteiger partial charge in [-0.1, -0.05) is 143 Å². The van der Waals surface area contributed by atoms with Gasteiger partial charge in [-0.3, -0.25) is 0 Å². The molecule has 0 bridgehead atoms. The maximum atomic E-state index is 2.53. The molecule has 0 spiro atoms. The largest absolute Gasteiger partial charge is 0.243 e. The molecule has 1 aliphatic rings. The van der Waals surface area contributed by atoms with Crippen LogP contribution in [0.4, 0.5) is 0 Å². The minimum absolute atomic E-state index is 0.212. The predicted octanol–water partition coefficient (Wildman–Crippen LogP) is 8.45. The summed E-state index contributed by atoms with van der Waals surface area (Å²) >= 11 is 0. The van der Waals surface area contributed by atoms with Crippen molar-refractivity contribution in [2.24, 2.45) is 0 Å². The molecule has 38 heavy (non-hydrogen) atoms. The molecule has 0 aliphatic carbocycles. The Bertz CT molecular complexity index is 1820. The van der Waals surface area contributed by atoms with Crippen LogP contribution in [-0.4, -0.2) is 6.71 Å². The summed E-state index contributed by atoms with van der Waals surface area (Å²) in [5.74, 6) is 1.41. The van der Waals surface area contributed by atoms with Gasteiger partial charge in [0.05, 0.1) is 0 Å². The summed E-state index contributed by atoms with van der Waals surface area (Å²) in [7, 11) is 0. The first-order chi connectivity index (χ1) is 18.3. The highest BCUT2D eigenvalue weighted by Crippen LogP contribution is 2.40. The summed E-state index contributed by atoms with van der Waals surface area (Å²) < 4.78 is 0. The molecule has 1 heteroatoms. The van der Waals surface area contributed by atoms with Crippen molar-refractivity contribution in [2.75, 3.05) is 0 Å². The molecule has 0 saturated heterocycles. The molecule has 1 heterocycles. The molecule has 0 amide bonds. The molecular weight excluding hydrogens is 455 g/mol. The lowest BCUT2D eigenvalue weighted by atomic mass is 9.32. The Morgan fingerprint density at radius 1 is 0.474 bits per heavy atom. The normalized spacial score (nSPS) is 13.1. The lowest BCUT2D eigenvalue weighted by molar-refractivity contribution is 0.812. The lowest BCUT2D eigenvalue weighted by Gasteiger charge is -2.33. The van der Waals surface area contributed by atoms with Crippen molar-refractivity contribution in [3.8, 4) is 11.1 Å². The van der Waals surface area contributed by atoms with Gasteiger partial charge in [0.15, 0.2) is 0 Å². The molecule has 0 saturated carbocycles. The highest BCUT2D eigenvalue weighted by molar-refractivity contribution is 6.99. The summed E-state index contributed by atoms with van der Waals surface area (Å²) in [5.41, 5.74) is 11.7. The quantitative estimate of drug-likeness (QED) is 0.172. The number of benzene rings is 6. The number of hydrogen-bond acceptors (Lipinski definition) is 0. The highest BCUT2D eigenvalue weighted by atomic mass is 14.3. The van der Waals surface area contributed by atoms with Crippen molar-refractivity contribution < 1.29 is 0 Å². The van der Waals surface area contributed by atoms with E-state index in [9.17, 15) is 0 Å². The minimum atomic E-state index is 0.212. The van der Waals surface area contributed by atoms with E-state index in [2.05, 4.69) is 126 Å². The van der Waals surface area contributed by atoms with E-state index in [4.69, 9.17) is 0 Å². The average Bonchev–Trinajstić information content (AvgIpc) is 2.92. The van der Waals surface area contributed by atoms with Crippen LogP contribution in [0, 0.1) is 0 Å². The zero-order valence-electron chi connectivity index (χ0n) is 23.4. The van der Waals surface area contributed by atoms with Crippen LogP contribution in [0.25, 0.3) is 43.4 Å². The van der Waals surface area contributed by atoms with Crippen LogP contribution < -0.4 is 16.4 Å². The summed E-state index contributed by atoms with van der Waals surface area (Å²) in [6.45, 7) is 14.4. The van der Waals surface area contributed by atoms with E-state index >= 15 is 0 Å². The van der Waals surface area contributed by atoms with Crippen molar-refractivity contribution >= 4 is 55.4 Å². The van der Waals surface area contributed by atoms with Crippen molar-refractivity contribution in [3.63, 3.8) is 0 Å². The van der Waals surface area contributed by atoms with E-state index in [1.165, 1.54) is 76.5 Å². The van der Waals surface area contributed by atoms with Crippen LogP contribution in [0.15, 0.2) is 84.9 Å². The topological polar surface area (TPSA) is 0 Å². The molecule has 186 valence electrons. The van der Waals surface area contributed by atoms with E-state index in [0.717, 1.165) is 0 Å². The molecule has 0 atom stereocenters. The smallest absolute Gasteiger partial charge is 0.0664 e. The number of rotatable bonds is 4. The fourth-order valence-electron chi connectivity index (χ4n) is 7.15. The molecule has 6 aromatic carbocycles. The SMILES string of the molecule is CC(C)c1cc(C(C)C)c(B2c3ccccc3-c3ccc4ccc5cccc6cc2c3c4c56)c(C(C)C)c1. The van der Waals surface area contributed by atoms with Gasteiger partial charge in [0.25, 0.3) is 0 Å². The van der Waals surface area contributed by atoms with Crippen LogP contribution in [0.3, 0.4) is 0 Å². The summed E-state index contributed by atoms with van der Waals surface area (Å²) in [6, 6.07) is 32.9. The van der Waals surface area contributed by atoms with Crippen LogP contribution in [0.5, 0.6) is 0 Å². The van der Waals surface area contributed by atoms with Gasteiger partial charge in [-0.05, 0) is 77.9 Å². The predicted molar refractivity (Wildman–Crippen MR) is 169 cm³/mol. The number of fused-ring (bicyclic) bond motifs is 2. The Kier molecular flexibility index (Phi) is 5.24. The van der Waals surface area contributed by atoms with Gasteiger partial charge >= 0.3 is 0 Å². The average molecular weight is 490 g/mol. The molecule has 0 nitrogen and oxygen atoms in total. The van der Waals surface area contributed by atoms with Gasteiger partial charge in [-0.25, -0.2) is 0 Å². The Hall–Kier alpha value is -3.58. The van der Waals surface area contributed by atoms with E-state index in [0.29, 0.717) is 17.8 Å². The van der Waals surface area contributed by atoms with E-state index in [-0.39, 0.29) is 6.71 Å². The van der Waals surface area contributed by atoms with Crippen molar-refractivity contribution in [1.29, 1.82) is 0 Å². The maximum Gasteiger partial charge on any atom is 0.243 e. The molecular formula is C37H35B. The Balaban J connectivity index is 1.69. The van der Waals surface area contributed by atoms with Gasteiger partial charge in [-0.15, -0.1) is 0 Å². The second kappa shape index (κ2) is 8.47. The first-order valence-corrected chi connectivity index (χ1v) is 14.3. The third-order valence-corrected chi connectivity index (χ3v) is 9.00. The van der Waals surface area contributed by atoms with E-state index in [1.54, 1.807) is 0 Å². The molecule has 0 fully saturated rings. The minimum Gasteiger partial charge on any atom is -0.0664 e. The first-order valence-electron chi connectivity index (χ1n) is 14.3. The van der Waals surface area contributed by atoms with Crippen LogP contribution >= 0.6 is 0 Å². The molecule has 0 aromatic heterocycles. The molecule has 1 aliphatic heterocycles. The van der Waals surface area contributed by atoms with Crippen LogP contribution in [-0.2, 0) is 0 Å². The Labute approximate surface area is 227 Å². The zero-order chi connectivity index (χ0) is 26.3. The summed E-state index contributed by atoms with van der Waals surface area (Å²) in [6.07, 6.45) is 0. The monoisotopic (exact) mass is 490 g/mol. The van der Waals surface area contributed by atoms with Crippen molar-refractivity contribution in [3.05, 3.63) is 102 Å². The third kappa shape index (κ3) is 3.24. The Morgan fingerprint density at radius 2 is 1.11 bits per heavy atom. The van der Waals surface area contributed by atoms with E-state index in [1.807, 2.05) is 0 Å². The van der Waals surface area contributed by atoms with Crippen LogP contribution in [0.2, 0.25) is 0 Å². The molecule has 0 N–H and O–H groups in total. The van der Waals surface area contributed by atoms with Gasteiger partial charge < -0.3 is 0 Å².